The molecule has 1 fully saturated rings. The van der Waals surface area contributed by atoms with Gasteiger partial charge in [-0.05, 0) is 32.8 Å². The van der Waals surface area contributed by atoms with E-state index in [0.717, 1.165) is 37.3 Å². The molecule has 0 atom stereocenters. The number of hydrogen-bond donors (Lipinski definition) is 1. The number of piperidine rings is 1. The molecule has 1 N–H and O–H groups in total. The third-order valence-corrected chi connectivity index (χ3v) is 3.68. The highest BCUT2D eigenvalue weighted by Crippen LogP contribution is 2.15. The van der Waals surface area contributed by atoms with Gasteiger partial charge in [0.1, 0.15) is 0 Å². The molecule has 1 amide bonds. The van der Waals surface area contributed by atoms with E-state index in [-0.39, 0.29) is 5.91 Å². The molecular formula is C15H24N4O2. The van der Waals surface area contributed by atoms with Crippen molar-refractivity contribution in [2.45, 2.75) is 39.2 Å². The van der Waals surface area contributed by atoms with E-state index in [1.54, 1.807) is 7.11 Å². The van der Waals surface area contributed by atoms with E-state index < -0.39 is 0 Å². The molecule has 2 heterocycles. The summed E-state index contributed by atoms with van der Waals surface area (Å²) in [5, 5.41) is 3.38. The number of methoxy groups -OCH3 is 1. The molecule has 0 saturated carbocycles. The Balaban J connectivity index is 1.82. The average Bonchev–Trinajstić information content (AvgIpc) is 2.44. The van der Waals surface area contributed by atoms with Crippen molar-refractivity contribution < 1.29 is 9.53 Å². The van der Waals surface area contributed by atoms with Gasteiger partial charge >= 0.3 is 0 Å². The van der Waals surface area contributed by atoms with Crippen LogP contribution in [0.3, 0.4) is 0 Å². The number of nitrogens with zero attached hydrogens (tertiary/aromatic N) is 3. The predicted molar refractivity (Wildman–Crippen MR) is 81.2 cm³/mol. The summed E-state index contributed by atoms with van der Waals surface area (Å²) in [6.45, 7) is 6.00. The molecule has 0 unspecified atom stereocenters. The molecule has 1 aliphatic heterocycles. The number of ether oxygens (including phenoxy) is 1. The fourth-order valence-electron chi connectivity index (χ4n) is 2.59. The summed E-state index contributed by atoms with van der Waals surface area (Å²) in [5.41, 5.74) is 1.94. The molecule has 116 valence electrons. The number of hydrogen-bond acceptors (Lipinski definition) is 5. The lowest BCUT2D eigenvalue weighted by atomic mass is 10.0. The van der Waals surface area contributed by atoms with Crippen LogP contribution < -0.4 is 5.32 Å². The highest BCUT2D eigenvalue weighted by atomic mass is 16.5. The summed E-state index contributed by atoms with van der Waals surface area (Å²) in [4.78, 5) is 22.6. The molecule has 1 aromatic rings. The fraction of sp³-hybridized carbons (Fsp3) is 0.667. The quantitative estimate of drug-likeness (QED) is 0.891. The van der Waals surface area contributed by atoms with Gasteiger partial charge in [-0.2, -0.15) is 0 Å². The van der Waals surface area contributed by atoms with Crippen molar-refractivity contribution in [3.63, 3.8) is 0 Å². The van der Waals surface area contributed by atoms with Crippen LogP contribution in [0.2, 0.25) is 0 Å². The number of aryl methyl sites for hydroxylation is 2. The lowest BCUT2D eigenvalue weighted by Crippen LogP contribution is -2.42. The van der Waals surface area contributed by atoms with Gasteiger partial charge in [-0.3, -0.25) is 4.79 Å². The number of carbonyl (C=O) groups is 1. The smallest absolute Gasteiger partial charge is 0.224 e. The molecule has 1 saturated heterocycles. The van der Waals surface area contributed by atoms with E-state index in [1.807, 2.05) is 24.8 Å². The summed E-state index contributed by atoms with van der Waals surface area (Å²) in [6.07, 6.45) is 2.32. The Hall–Kier alpha value is -1.69. The number of nitrogens with one attached hydrogen (secondary N) is 1. The zero-order valence-electron chi connectivity index (χ0n) is 13.1. The summed E-state index contributed by atoms with van der Waals surface area (Å²) in [7, 11) is 1.62. The number of anilines is 1. The van der Waals surface area contributed by atoms with Crippen LogP contribution in [0.25, 0.3) is 0 Å². The normalized spacial score (nSPS) is 16.0. The van der Waals surface area contributed by atoms with Crippen LogP contribution in [0, 0.1) is 13.8 Å². The zero-order chi connectivity index (χ0) is 15.2. The van der Waals surface area contributed by atoms with Gasteiger partial charge in [0.15, 0.2) is 0 Å². The minimum Gasteiger partial charge on any atom is -0.384 e. The van der Waals surface area contributed by atoms with Gasteiger partial charge in [-0.25, -0.2) is 9.97 Å². The summed E-state index contributed by atoms with van der Waals surface area (Å²) < 4.78 is 4.95. The number of aromatic nitrogens is 2. The van der Waals surface area contributed by atoms with Crippen LogP contribution in [-0.2, 0) is 9.53 Å². The van der Waals surface area contributed by atoms with Crippen molar-refractivity contribution in [3.05, 3.63) is 17.5 Å². The maximum atomic E-state index is 11.9. The molecule has 21 heavy (non-hydrogen) atoms. The highest BCUT2D eigenvalue weighted by Gasteiger charge is 2.22. The third kappa shape index (κ3) is 4.67. The van der Waals surface area contributed by atoms with E-state index in [9.17, 15) is 4.79 Å². The Morgan fingerprint density at radius 1 is 1.33 bits per heavy atom. The van der Waals surface area contributed by atoms with Crippen LogP contribution in [0.4, 0.5) is 5.95 Å². The van der Waals surface area contributed by atoms with Crippen molar-refractivity contribution >= 4 is 11.9 Å². The molecule has 0 bridgehead atoms. The maximum absolute atomic E-state index is 11.9. The Morgan fingerprint density at radius 2 is 1.95 bits per heavy atom. The van der Waals surface area contributed by atoms with E-state index >= 15 is 0 Å². The van der Waals surface area contributed by atoms with E-state index in [2.05, 4.69) is 15.3 Å². The standard InChI is InChI=1S/C15H24N4O2/c1-11-10-12(2)17-15(16-11)18-13-4-7-19(8-5-13)14(20)6-9-21-3/h10,13H,4-9H2,1-3H3,(H,16,17,18). The van der Waals surface area contributed by atoms with Crippen LogP contribution in [-0.4, -0.2) is 53.6 Å². The van der Waals surface area contributed by atoms with Crippen molar-refractivity contribution in [2.24, 2.45) is 0 Å². The second-order valence-electron chi connectivity index (χ2n) is 5.52. The summed E-state index contributed by atoms with van der Waals surface area (Å²) >= 11 is 0. The second kappa shape index (κ2) is 7.36. The van der Waals surface area contributed by atoms with Crippen molar-refractivity contribution in [3.8, 4) is 0 Å². The first-order valence-corrected chi connectivity index (χ1v) is 7.44. The number of likely N-dealkylation sites (tertiary alicyclic amines) is 1. The van der Waals surface area contributed by atoms with Crippen LogP contribution in [0.15, 0.2) is 6.07 Å². The first kappa shape index (κ1) is 15.7. The number of carbonyl (C=O) groups excluding carboxylic acids is 1. The largest absolute Gasteiger partial charge is 0.384 e. The van der Waals surface area contributed by atoms with E-state index in [0.29, 0.717) is 25.0 Å². The first-order valence-electron chi connectivity index (χ1n) is 7.44. The van der Waals surface area contributed by atoms with Crippen molar-refractivity contribution in [2.75, 3.05) is 32.1 Å². The lowest BCUT2D eigenvalue weighted by molar-refractivity contribution is -0.133. The molecule has 1 aromatic heterocycles. The van der Waals surface area contributed by atoms with Crippen LogP contribution >= 0.6 is 0 Å². The Bertz CT molecular complexity index is 464. The van der Waals surface area contributed by atoms with Crippen LogP contribution in [0.5, 0.6) is 0 Å². The van der Waals surface area contributed by atoms with Gasteiger partial charge in [0.2, 0.25) is 11.9 Å². The molecule has 0 radical (unpaired) electrons. The summed E-state index contributed by atoms with van der Waals surface area (Å²) in [5.74, 6) is 0.870. The minimum absolute atomic E-state index is 0.179. The molecule has 2 rings (SSSR count). The van der Waals surface area contributed by atoms with Gasteiger partial charge in [-0.15, -0.1) is 0 Å². The third-order valence-electron chi connectivity index (χ3n) is 3.68. The second-order valence-corrected chi connectivity index (χ2v) is 5.52. The van der Waals surface area contributed by atoms with E-state index in [4.69, 9.17) is 4.74 Å². The van der Waals surface area contributed by atoms with Gasteiger partial charge < -0.3 is 15.0 Å². The molecule has 1 aliphatic rings. The molecular weight excluding hydrogens is 268 g/mol. The summed E-state index contributed by atoms with van der Waals surface area (Å²) in [6, 6.07) is 2.29. The predicted octanol–water partition coefficient (Wildman–Crippen LogP) is 1.53. The van der Waals surface area contributed by atoms with Crippen molar-refractivity contribution in [1.29, 1.82) is 0 Å². The fourth-order valence-corrected chi connectivity index (χ4v) is 2.59. The Morgan fingerprint density at radius 3 is 2.52 bits per heavy atom. The Labute approximate surface area is 125 Å². The van der Waals surface area contributed by atoms with Gasteiger partial charge in [0, 0.05) is 37.6 Å². The number of rotatable bonds is 5. The van der Waals surface area contributed by atoms with E-state index in [1.165, 1.54) is 0 Å². The van der Waals surface area contributed by atoms with Crippen molar-refractivity contribution in [1.82, 2.24) is 14.9 Å². The number of amides is 1. The first-order chi connectivity index (χ1) is 10.1. The lowest BCUT2D eigenvalue weighted by Gasteiger charge is -2.32. The monoisotopic (exact) mass is 292 g/mol. The molecule has 6 heteroatoms. The average molecular weight is 292 g/mol. The Kier molecular flexibility index (Phi) is 5.50. The highest BCUT2D eigenvalue weighted by molar-refractivity contribution is 5.76. The molecule has 0 aromatic carbocycles. The van der Waals surface area contributed by atoms with Gasteiger partial charge in [0.05, 0.1) is 13.0 Å². The van der Waals surface area contributed by atoms with Gasteiger partial charge in [0.25, 0.3) is 0 Å². The minimum atomic E-state index is 0.179. The SMILES string of the molecule is COCCC(=O)N1CCC(Nc2nc(C)cc(C)n2)CC1. The maximum Gasteiger partial charge on any atom is 0.224 e. The van der Waals surface area contributed by atoms with Gasteiger partial charge in [-0.1, -0.05) is 0 Å². The van der Waals surface area contributed by atoms with Crippen LogP contribution in [0.1, 0.15) is 30.7 Å². The molecule has 6 nitrogen and oxygen atoms in total. The zero-order valence-corrected chi connectivity index (χ0v) is 13.1. The molecule has 0 spiro atoms. The molecule has 0 aliphatic carbocycles. The topological polar surface area (TPSA) is 67.3 Å².